The van der Waals surface area contributed by atoms with Crippen LogP contribution in [0.4, 0.5) is 0 Å². The molecule has 1 heterocycles. The van der Waals surface area contributed by atoms with Gasteiger partial charge in [-0.3, -0.25) is 4.79 Å². The van der Waals surface area contributed by atoms with Crippen molar-refractivity contribution in [3.8, 4) is 11.5 Å². The summed E-state index contributed by atoms with van der Waals surface area (Å²) in [4.78, 5) is 11.9. The highest BCUT2D eigenvalue weighted by Crippen LogP contribution is 2.43. The number of esters is 1. The molecule has 5 nitrogen and oxygen atoms in total. The Kier molecular flexibility index (Phi) is 5.24. The van der Waals surface area contributed by atoms with Crippen LogP contribution >= 0.6 is 0 Å². The van der Waals surface area contributed by atoms with Gasteiger partial charge in [-0.2, -0.15) is 0 Å². The molecule has 0 spiro atoms. The molecule has 25 heavy (non-hydrogen) atoms. The maximum atomic E-state index is 11.9. The molecule has 1 aliphatic heterocycles. The predicted octanol–water partition coefficient (Wildman–Crippen LogP) is 3.30. The number of rotatable bonds is 5. The lowest BCUT2D eigenvalue weighted by Gasteiger charge is -2.34. The molecule has 132 valence electrons. The lowest BCUT2D eigenvalue weighted by Crippen LogP contribution is -2.31. The van der Waals surface area contributed by atoms with Crippen molar-refractivity contribution in [3.05, 3.63) is 59.2 Å². The first-order valence-electron chi connectivity index (χ1n) is 8.16. The Hall–Kier alpha value is -2.53. The van der Waals surface area contributed by atoms with Crippen LogP contribution in [0.1, 0.15) is 29.0 Å². The monoisotopic (exact) mass is 342 g/mol. The number of benzene rings is 2. The highest BCUT2D eigenvalue weighted by atomic mass is 16.5. The number of fused-ring (bicyclic) bond motifs is 1. The third-order valence-electron chi connectivity index (χ3n) is 4.58. The first kappa shape index (κ1) is 17.3. The summed E-state index contributed by atoms with van der Waals surface area (Å²) in [6.07, 6.45) is -0.130. The van der Waals surface area contributed by atoms with Gasteiger partial charge in [0.1, 0.15) is 11.5 Å². The van der Waals surface area contributed by atoms with Crippen molar-refractivity contribution in [2.75, 3.05) is 21.3 Å². The fourth-order valence-electron chi connectivity index (χ4n) is 3.34. The zero-order valence-corrected chi connectivity index (χ0v) is 14.7. The molecule has 1 aliphatic rings. The lowest BCUT2D eigenvalue weighted by molar-refractivity contribution is -0.144. The number of carbonyl (C=O) groups excluding carboxylic acids is 1. The van der Waals surface area contributed by atoms with E-state index in [1.165, 1.54) is 7.11 Å². The number of hydrogen-bond donors (Lipinski definition) is 0. The third kappa shape index (κ3) is 3.46. The van der Waals surface area contributed by atoms with Gasteiger partial charge in [-0.15, -0.1) is 0 Å². The van der Waals surface area contributed by atoms with Crippen molar-refractivity contribution in [2.45, 2.75) is 25.0 Å². The molecule has 3 rings (SSSR count). The van der Waals surface area contributed by atoms with Gasteiger partial charge >= 0.3 is 5.97 Å². The summed E-state index contributed by atoms with van der Waals surface area (Å²) in [5, 5.41) is 0. The fourth-order valence-corrected chi connectivity index (χ4v) is 3.34. The second-order valence-electron chi connectivity index (χ2n) is 5.91. The molecular formula is C20H22O5. The molecule has 0 amide bonds. The van der Waals surface area contributed by atoms with Gasteiger partial charge in [-0.05, 0) is 29.3 Å². The van der Waals surface area contributed by atoms with Crippen LogP contribution in [0.15, 0.2) is 42.5 Å². The summed E-state index contributed by atoms with van der Waals surface area (Å²) in [6, 6.07) is 13.7. The van der Waals surface area contributed by atoms with E-state index in [4.69, 9.17) is 18.9 Å². The average molecular weight is 342 g/mol. The Labute approximate surface area is 147 Å². The van der Waals surface area contributed by atoms with E-state index in [1.54, 1.807) is 14.2 Å². The lowest BCUT2D eigenvalue weighted by atomic mass is 9.80. The van der Waals surface area contributed by atoms with Crippen LogP contribution in [0, 0.1) is 0 Å². The van der Waals surface area contributed by atoms with Gasteiger partial charge in [0.2, 0.25) is 0 Å². The Morgan fingerprint density at radius 2 is 1.84 bits per heavy atom. The summed E-state index contributed by atoms with van der Waals surface area (Å²) in [6.45, 7) is 0.445. The molecule has 0 unspecified atom stereocenters. The fraction of sp³-hybridized carbons (Fsp3) is 0.350. The van der Waals surface area contributed by atoms with Crippen LogP contribution in [0.3, 0.4) is 0 Å². The van der Waals surface area contributed by atoms with Gasteiger partial charge in [0, 0.05) is 11.5 Å². The van der Waals surface area contributed by atoms with Crippen molar-refractivity contribution >= 4 is 5.97 Å². The van der Waals surface area contributed by atoms with Crippen LogP contribution in [0.2, 0.25) is 0 Å². The van der Waals surface area contributed by atoms with Crippen molar-refractivity contribution in [2.24, 2.45) is 0 Å². The first-order valence-corrected chi connectivity index (χ1v) is 8.16. The van der Waals surface area contributed by atoms with E-state index in [-0.39, 0.29) is 24.4 Å². The van der Waals surface area contributed by atoms with Crippen molar-refractivity contribution in [1.82, 2.24) is 0 Å². The minimum absolute atomic E-state index is 0.120. The van der Waals surface area contributed by atoms with Crippen LogP contribution in [0.5, 0.6) is 11.5 Å². The Balaban J connectivity index is 2.08. The smallest absolute Gasteiger partial charge is 0.308 e. The highest BCUT2D eigenvalue weighted by Gasteiger charge is 2.35. The topological polar surface area (TPSA) is 54.0 Å². The molecule has 0 saturated heterocycles. The van der Waals surface area contributed by atoms with E-state index in [9.17, 15) is 4.79 Å². The van der Waals surface area contributed by atoms with Gasteiger partial charge in [-0.1, -0.05) is 24.3 Å². The molecule has 0 aromatic heterocycles. The Morgan fingerprint density at radius 3 is 2.48 bits per heavy atom. The number of carbonyl (C=O) groups is 1. The van der Waals surface area contributed by atoms with Gasteiger partial charge in [0.25, 0.3) is 0 Å². The van der Waals surface area contributed by atoms with E-state index < -0.39 is 0 Å². The van der Waals surface area contributed by atoms with Crippen molar-refractivity contribution in [1.29, 1.82) is 0 Å². The number of ether oxygens (including phenoxy) is 4. The normalized spacial score (nSPS) is 19.0. The first-order chi connectivity index (χ1) is 12.2. The van der Waals surface area contributed by atoms with Crippen LogP contribution in [-0.4, -0.2) is 33.4 Å². The molecule has 0 aliphatic carbocycles. The van der Waals surface area contributed by atoms with E-state index in [2.05, 4.69) is 0 Å². The second-order valence-corrected chi connectivity index (χ2v) is 5.91. The average Bonchev–Trinajstić information content (AvgIpc) is 2.67. The molecule has 5 heteroatoms. The van der Waals surface area contributed by atoms with E-state index >= 15 is 0 Å². The van der Waals surface area contributed by atoms with Gasteiger partial charge in [-0.25, -0.2) is 0 Å². The summed E-state index contributed by atoms with van der Waals surface area (Å²) in [5.41, 5.74) is 3.18. The zero-order valence-electron chi connectivity index (χ0n) is 14.7. The maximum Gasteiger partial charge on any atom is 0.308 e. The SMILES string of the molecule is COC(=O)C[C@@H]1OCc2cccc(OC)c2[C@H]1c1ccc(OC)cc1. The molecule has 0 fully saturated rings. The summed E-state index contributed by atoms with van der Waals surface area (Å²) in [7, 11) is 4.69. The molecule has 0 saturated carbocycles. The van der Waals surface area contributed by atoms with E-state index in [0.29, 0.717) is 6.61 Å². The minimum atomic E-state index is -0.315. The standard InChI is InChI=1S/C20H22O5/c1-22-15-9-7-13(8-10-15)19-17(11-18(21)24-3)25-12-14-5-4-6-16(23-2)20(14)19/h4-10,17,19H,11-12H2,1-3H3/t17-,19-/m0/s1. The minimum Gasteiger partial charge on any atom is -0.497 e. The summed E-state index contributed by atoms with van der Waals surface area (Å²) < 4.78 is 21.7. The van der Waals surface area contributed by atoms with Gasteiger partial charge in [0.15, 0.2) is 0 Å². The van der Waals surface area contributed by atoms with Crippen LogP contribution in [0.25, 0.3) is 0 Å². The van der Waals surface area contributed by atoms with Crippen LogP contribution in [-0.2, 0) is 20.9 Å². The van der Waals surface area contributed by atoms with E-state index in [0.717, 1.165) is 28.2 Å². The molecule has 0 bridgehead atoms. The Bertz CT molecular complexity index is 724. The zero-order chi connectivity index (χ0) is 17.8. The van der Waals surface area contributed by atoms with Gasteiger partial charge < -0.3 is 18.9 Å². The number of methoxy groups -OCH3 is 3. The third-order valence-corrected chi connectivity index (χ3v) is 4.58. The summed E-state index contributed by atoms with van der Waals surface area (Å²) >= 11 is 0. The molecule has 2 atom stereocenters. The van der Waals surface area contributed by atoms with Gasteiger partial charge in [0.05, 0.1) is 40.5 Å². The quantitative estimate of drug-likeness (QED) is 0.781. The largest absolute Gasteiger partial charge is 0.497 e. The second kappa shape index (κ2) is 7.57. The van der Waals surface area contributed by atoms with Crippen molar-refractivity contribution in [3.63, 3.8) is 0 Å². The maximum absolute atomic E-state index is 11.9. The van der Waals surface area contributed by atoms with Crippen molar-refractivity contribution < 1.29 is 23.7 Å². The molecular weight excluding hydrogens is 320 g/mol. The van der Waals surface area contributed by atoms with Crippen LogP contribution < -0.4 is 9.47 Å². The molecule has 2 aromatic rings. The molecule has 2 aromatic carbocycles. The predicted molar refractivity (Wildman–Crippen MR) is 93.0 cm³/mol. The van der Waals surface area contributed by atoms with E-state index in [1.807, 2.05) is 42.5 Å². The Morgan fingerprint density at radius 1 is 1.08 bits per heavy atom. The summed E-state index contributed by atoms with van der Waals surface area (Å²) in [5.74, 6) is 1.17. The highest BCUT2D eigenvalue weighted by molar-refractivity contribution is 5.70. The molecule has 0 radical (unpaired) electrons. The number of hydrogen-bond acceptors (Lipinski definition) is 5. The molecule has 0 N–H and O–H groups in total.